The third-order valence-electron chi connectivity index (χ3n) is 9.78. The maximum absolute atomic E-state index is 2.65. The summed E-state index contributed by atoms with van der Waals surface area (Å²) in [7, 11) is -2.65. The Morgan fingerprint density at radius 2 is 0.913 bits per heavy atom. The van der Waals surface area contributed by atoms with E-state index >= 15 is 0 Å². The van der Waals surface area contributed by atoms with Crippen LogP contribution in [-0.2, 0) is 17.4 Å². The molecule has 0 bridgehead atoms. The van der Waals surface area contributed by atoms with E-state index in [1.807, 2.05) is 0 Å². The van der Waals surface area contributed by atoms with Gasteiger partial charge < -0.3 is 4.57 Å². The molecule has 0 N–H and O–H groups in total. The second kappa shape index (κ2) is 11.6. The molecule has 1 nitrogen and oxygen atoms in total. The van der Waals surface area contributed by atoms with Crippen LogP contribution in [0.4, 0.5) is 0 Å². The van der Waals surface area contributed by atoms with Crippen LogP contribution in [-0.4, -0.2) is 12.6 Å². The first-order valence-electron chi connectivity index (χ1n) is 16.5. The third kappa shape index (κ3) is 5.11. The fourth-order valence-corrected chi connectivity index (χ4v) is 12.5. The van der Waals surface area contributed by atoms with E-state index in [9.17, 15) is 0 Å². The normalized spacial score (nSPS) is 12.5. The van der Waals surface area contributed by atoms with Crippen molar-refractivity contribution >= 4 is 50.6 Å². The van der Waals surface area contributed by atoms with E-state index in [-0.39, 0.29) is 11.0 Å². The average Bonchev–Trinajstić information content (AvgIpc) is 3.42. The molecule has 1 heterocycles. The first-order chi connectivity index (χ1) is 22.2. The van der Waals surface area contributed by atoms with Gasteiger partial charge in [0.15, 0.2) is 8.07 Å². The van der Waals surface area contributed by atoms with Crippen molar-refractivity contribution < 1.29 is 0 Å². The number of benzene rings is 6. The molecule has 0 aliphatic rings. The molecule has 7 aromatic rings. The van der Waals surface area contributed by atoms with Gasteiger partial charge in [0.25, 0.3) is 0 Å². The van der Waals surface area contributed by atoms with Gasteiger partial charge in [-0.2, -0.15) is 0 Å². The molecule has 0 fully saturated rings. The quantitative estimate of drug-likeness (QED) is 0.126. The van der Waals surface area contributed by atoms with Crippen LogP contribution in [0, 0.1) is 0 Å². The molecule has 0 unspecified atom stereocenters. The fraction of sp³-hybridized carbons (Fsp3) is 0.182. The average molecular weight is 614 g/mol. The van der Waals surface area contributed by atoms with E-state index in [0.717, 1.165) is 6.42 Å². The van der Waals surface area contributed by atoms with E-state index in [1.54, 1.807) is 0 Å². The van der Waals surface area contributed by atoms with E-state index in [2.05, 4.69) is 197 Å². The molecule has 0 radical (unpaired) electrons. The molecular formula is C44H43NSi. The van der Waals surface area contributed by atoms with Gasteiger partial charge in [-0.3, -0.25) is 0 Å². The van der Waals surface area contributed by atoms with E-state index < -0.39 is 8.07 Å². The Bertz CT molecular complexity index is 2020. The zero-order chi connectivity index (χ0) is 31.9. The smallest absolute Gasteiger partial charge is 0.179 e. The van der Waals surface area contributed by atoms with Crippen molar-refractivity contribution in [3.05, 3.63) is 169 Å². The van der Waals surface area contributed by atoms with Crippen LogP contribution < -0.4 is 20.7 Å². The zero-order valence-corrected chi connectivity index (χ0v) is 28.7. The number of hydrogen-bond acceptors (Lipinski definition) is 0. The number of fused-ring (bicyclic) bond motifs is 3. The molecule has 0 spiro atoms. The fourth-order valence-electron chi connectivity index (χ4n) is 7.66. The molecular weight excluding hydrogens is 571 g/mol. The van der Waals surface area contributed by atoms with Gasteiger partial charge in [-0.15, -0.1) is 0 Å². The Morgan fingerprint density at radius 3 is 1.43 bits per heavy atom. The molecule has 6 aromatic carbocycles. The van der Waals surface area contributed by atoms with Crippen LogP contribution in [0.3, 0.4) is 0 Å². The van der Waals surface area contributed by atoms with Gasteiger partial charge in [-0.1, -0.05) is 166 Å². The van der Waals surface area contributed by atoms with Crippen molar-refractivity contribution in [1.82, 2.24) is 4.57 Å². The van der Waals surface area contributed by atoms with Gasteiger partial charge in [0.1, 0.15) is 0 Å². The van der Waals surface area contributed by atoms with Crippen molar-refractivity contribution in [2.75, 3.05) is 0 Å². The largest absolute Gasteiger partial charge is 0.334 e. The molecule has 2 heteroatoms. The maximum Gasteiger partial charge on any atom is 0.179 e. The monoisotopic (exact) mass is 613 g/mol. The lowest BCUT2D eigenvalue weighted by Crippen LogP contribution is -2.74. The third-order valence-corrected chi connectivity index (χ3v) is 14.6. The summed E-state index contributed by atoms with van der Waals surface area (Å²) in [5, 5.41) is 8.28. The predicted octanol–water partition coefficient (Wildman–Crippen LogP) is 8.45. The van der Waals surface area contributed by atoms with Crippen LogP contribution in [0.1, 0.15) is 45.7 Å². The van der Waals surface area contributed by atoms with Gasteiger partial charge in [0, 0.05) is 27.3 Å². The zero-order valence-electron chi connectivity index (χ0n) is 27.7. The standard InChI is InChI=1S/C44H43NSi/c1-43(2,3)34-27-29-37(30-28-34)46(35-18-8-6-9-19-35,36-20-10-7-11-21-36)38-22-16-17-33(31-38)32-44(4,5)45-41-25-14-12-23-39(41)40-24-13-15-26-42(40)45/h6-31H,32H2,1-5H3. The predicted molar refractivity (Wildman–Crippen MR) is 201 cm³/mol. The highest BCUT2D eigenvalue weighted by atomic mass is 28.3. The maximum atomic E-state index is 2.56. The van der Waals surface area contributed by atoms with Gasteiger partial charge in [0.05, 0.1) is 0 Å². The molecule has 0 aliphatic heterocycles. The van der Waals surface area contributed by atoms with E-state index in [1.165, 1.54) is 53.7 Å². The summed E-state index contributed by atoms with van der Waals surface area (Å²) in [6.07, 6.45) is 0.917. The van der Waals surface area contributed by atoms with Gasteiger partial charge >= 0.3 is 0 Å². The van der Waals surface area contributed by atoms with Crippen molar-refractivity contribution in [1.29, 1.82) is 0 Å². The number of para-hydroxylation sites is 2. The lowest BCUT2D eigenvalue weighted by Gasteiger charge is -2.36. The van der Waals surface area contributed by atoms with E-state index in [0.29, 0.717) is 0 Å². The van der Waals surface area contributed by atoms with Crippen LogP contribution in [0.5, 0.6) is 0 Å². The Hall–Kier alpha value is -4.66. The molecule has 228 valence electrons. The molecule has 0 atom stereocenters. The first kappa shape index (κ1) is 30.0. The van der Waals surface area contributed by atoms with Crippen LogP contribution in [0.2, 0.25) is 0 Å². The molecule has 46 heavy (non-hydrogen) atoms. The van der Waals surface area contributed by atoms with Crippen LogP contribution in [0.25, 0.3) is 21.8 Å². The Morgan fingerprint density at radius 1 is 0.457 bits per heavy atom. The molecule has 7 rings (SSSR count). The minimum atomic E-state index is -2.65. The highest BCUT2D eigenvalue weighted by molar-refractivity contribution is 7.19. The molecule has 0 amide bonds. The summed E-state index contributed by atoms with van der Waals surface area (Å²) in [5.74, 6) is 0. The van der Waals surface area contributed by atoms with Crippen LogP contribution >= 0.6 is 0 Å². The Labute approximate surface area is 275 Å². The summed E-state index contributed by atoms with van der Waals surface area (Å²) in [6, 6.07) is 59.3. The lowest BCUT2D eigenvalue weighted by molar-refractivity contribution is 0.375. The summed E-state index contributed by atoms with van der Waals surface area (Å²) in [6.45, 7) is 11.7. The topological polar surface area (TPSA) is 4.93 Å². The molecule has 0 aliphatic carbocycles. The minimum Gasteiger partial charge on any atom is -0.334 e. The van der Waals surface area contributed by atoms with Gasteiger partial charge in [0.2, 0.25) is 0 Å². The number of nitrogens with zero attached hydrogens (tertiary/aromatic N) is 1. The van der Waals surface area contributed by atoms with Crippen molar-refractivity contribution in [3.8, 4) is 0 Å². The summed E-state index contributed by atoms with van der Waals surface area (Å²) in [5.41, 5.74) is 5.25. The van der Waals surface area contributed by atoms with Crippen molar-refractivity contribution in [2.24, 2.45) is 0 Å². The second-order valence-electron chi connectivity index (χ2n) is 14.4. The molecule has 0 saturated heterocycles. The number of aromatic nitrogens is 1. The van der Waals surface area contributed by atoms with Gasteiger partial charge in [-0.25, -0.2) is 0 Å². The second-order valence-corrected chi connectivity index (χ2v) is 18.2. The van der Waals surface area contributed by atoms with Crippen molar-refractivity contribution in [3.63, 3.8) is 0 Å². The molecule has 1 aromatic heterocycles. The lowest BCUT2D eigenvalue weighted by atomic mass is 9.87. The highest BCUT2D eigenvalue weighted by Crippen LogP contribution is 2.35. The van der Waals surface area contributed by atoms with Gasteiger partial charge in [-0.05, 0) is 69.7 Å². The first-order valence-corrected chi connectivity index (χ1v) is 18.5. The number of hydrogen-bond donors (Lipinski definition) is 0. The van der Waals surface area contributed by atoms with Crippen molar-refractivity contribution in [2.45, 2.75) is 52.0 Å². The number of rotatable bonds is 7. The Kier molecular flexibility index (Phi) is 7.57. The summed E-state index contributed by atoms with van der Waals surface area (Å²) >= 11 is 0. The Balaban J connectivity index is 1.42. The van der Waals surface area contributed by atoms with Crippen LogP contribution in [0.15, 0.2) is 158 Å². The summed E-state index contributed by atoms with van der Waals surface area (Å²) in [4.78, 5) is 0. The minimum absolute atomic E-state index is 0.0978. The molecule has 0 saturated carbocycles. The summed E-state index contributed by atoms with van der Waals surface area (Å²) < 4.78 is 2.56. The van der Waals surface area contributed by atoms with E-state index in [4.69, 9.17) is 0 Å². The highest BCUT2D eigenvalue weighted by Gasteiger charge is 2.41. The SMILES string of the molecule is CC(C)(C)c1ccc([Si](c2ccccc2)(c2ccccc2)c2cccc(CC(C)(C)n3c4ccccc4c4ccccc43)c2)cc1.